The van der Waals surface area contributed by atoms with Crippen molar-refractivity contribution in [2.45, 2.75) is 13.0 Å². The standard InChI is InChI=1S/C13H15F2NOS/c1-9(16-4-6-18-7-5-16)13(17)10-2-3-11(14)12(15)8-10/h2-3,8-9H,4-7H2,1H3. The van der Waals surface area contributed by atoms with E-state index in [0.29, 0.717) is 0 Å². The highest BCUT2D eigenvalue weighted by atomic mass is 32.2. The second-order valence-corrected chi connectivity index (χ2v) is 5.54. The van der Waals surface area contributed by atoms with Gasteiger partial charge in [0.2, 0.25) is 0 Å². The van der Waals surface area contributed by atoms with Gasteiger partial charge in [0.05, 0.1) is 6.04 Å². The third-order valence-corrected chi connectivity index (χ3v) is 4.12. The van der Waals surface area contributed by atoms with E-state index in [1.165, 1.54) is 6.07 Å². The molecule has 0 spiro atoms. The highest BCUT2D eigenvalue weighted by Gasteiger charge is 2.24. The molecule has 0 aromatic heterocycles. The summed E-state index contributed by atoms with van der Waals surface area (Å²) in [7, 11) is 0. The van der Waals surface area contributed by atoms with Crippen molar-refractivity contribution in [3.63, 3.8) is 0 Å². The van der Waals surface area contributed by atoms with Crippen LogP contribution in [0.15, 0.2) is 18.2 Å². The van der Waals surface area contributed by atoms with Gasteiger partial charge in [0.1, 0.15) is 0 Å². The van der Waals surface area contributed by atoms with E-state index in [9.17, 15) is 13.6 Å². The molecule has 0 aliphatic carbocycles. The minimum absolute atomic E-state index is 0.152. The summed E-state index contributed by atoms with van der Waals surface area (Å²) in [4.78, 5) is 14.3. The fourth-order valence-corrected chi connectivity index (χ4v) is 2.95. The topological polar surface area (TPSA) is 20.3 Å². The summed E-state index contributed by atoms with van der Waals surface area (Å²) in [6, 6.07) is 3.04. The van der Waals surface area contributed by atoms with Crippen LogP contribution in [0.2, 0.25) is 0 Å². The summed E-state index contributed by atoms with van der Waals surface area (Å²) >= 11 is 1.87. The molecule has 1 heterocycles. The first-order chi connectivity index (χ1) is 8.59. The Morgan fingerprint density at radius 2 is 1.94 bits per heavy atom. The third kappa shape index (κ3) is 2.90. The predicted octanol–water partition coefficient (Wildman–Crippen LogP) is 2.58. The molecule has 1 aromatic rings. The molecule has 1 aliphatic rings. The van der Waals surface area contributed by atoms with Gasteiger partial charge in [-0.15, -0.1) is 0 Å². The van der Waals surface area contributed by atoms with Crippen molar-refractivity contribution < 1.29 is 13.6 Å². The zero-order chi connectivity index (χ0) is 13.1. The Balaban J connectivity index is 2.11. The zero-order valence-electron chi connectivity index (χ0n) is 10.2. The number of nitrogens with zero attached hydrogens (tertiary/aromatic N) is 1. The number of thioether (sulfide) groups is 1. The molecule has 1 aliphatic heterocycles. The Morgan fingerprint density at radius 1 is 1.28 bits per heavy atom. The van der Waals surface area contributed by atoms with E-state index < -0.39 is 11.6 Å². The molecular weight excluding hydrogens is 256 g/mol. The van der Waals surface area contributed by atoms with Crippen LogP contribution in [-0.2, 0) is 0 Å². The Kier molecular flexibility index (Phi) is 4.35. The second-order valence-electron chi connectivity index (χ2n) is 4.32. The van der Waals surface area contributed by atoms with Crippen LogP contribution in [0.3, 0.4) is 0 Å². The smallest absolute Gasteiger partial charge is 0.179 e. The van der Waals surface area contributed by atoms with E-state index in [1.807, 2.05) is 18.7 Å². The summed E-state index contributed by atoms with van der Waals surface area (Å²) in [5.74, 6) is -0.0261. The molecule has 2 nitrogen and oxygen atoms in total. The van der Waals surface area contributed by atoms with Crippen molar-refractivity contribution in [1.82, 2.24) is 4.90 Å². The Morgan fingerprint density at radius 3 is 2.56 bits per heavy atom. The predicted molar refractivity (Wildman–Crippen MR) is 69.0 cm³/mol. The monoisotopic (exact) mass is 271 g/mol. The van der Waals surface area contributed by atoms with Crippen LogP contribution in [0.1, 0.15) is 17.3 Å². The van der Waals surface area contributed by atoms with Crippen molar-refractivity contribution >= 4 is 17.5 Å². The fourth-order valence-electron chi connectivity index (χ4n) is 2.02. The Labute approximate surface area is 109 Å². The number of carbonyl (C=O) groups excluding carboxylic acids is 1. The lowest BCUT2D eigenvalue weighted by molar-refractivity contribution is 0.0850. The molecular formula is C13H15F2NOS. The molecule has 2 rings (SSSR count). The number of Topliss-reactive ketones (excluding diaryl/α,β-unsaturated/α-hetero) is 1. The highest BCUT2D eigenvalue weighted by molar-refractivity contribution is 7.99. The summed E-state index contributed by atoms with van der Waals surface area (Å²) in [6.45, 7) is 3.54. The van der Waals surface area contributed by atoms with Gasteiger partial charge in [0, 0.05) is 30.2 Å². The van der Waals surface area contributed by atoms with Gasteiger partial charge in [0.25, 0.3) is 0 Å². The number of carbonyl (C=O) groups is 1. The number of hydrogen-bond acceptors (Lipinski definition) is 3. The van der Waals surface area contributed by atoms with Crippen molar-refractivity contribution in [3.05, 3.63) is 35.4 Å². The molecule has 5 heteroatoms. The molecule has 1 aromatic carbocycles. The van der Waals surface area contributed by atoms with Crippen LogP contribution in [0, 0.1) is 11.6 Å². The van der Waals surface area contributed by atoms with Crippen LogP contribution in [0.25, 0.3) is 0 Å². The van der Waals surface area contributed by atoms with E-state index >= 15 is 0 Å². The fraction of sp³-hybridized carbons (Fsp3) is 0.462. The molecule has 0 N–H and O–H groups in total. The highest BCUT2D eigenvalue weighted by Crippen LogP contribution is 2.16. The van der Waals surface area contributed by atoms with E-state index in [1.54, 1.807) is 0 Å². The van der Waals surface area contributed by atoms with Crippen LogP contribution >= 0.6 is 11.8 Å². The summed E-state index contributed by atoms with van der Waals surface area (Å²) in [5, 5.41) is 0. The van der Waals surface area contributed by atoms with E-state index in [4.69, 9.17) is 0 Å². The summed E-state index contributed by atoms with van der Waals surface area (Å²) < 4.78 is 25.9. The van der Waals surface area contributed by atoms with Gasteiger partial charge in [-0.25, -0.2) is 8.78 Å². The summed E-state index contributed by atoms with van der Waals surface area (Å²) in [5.41, 5.74) is 0.236. The summed E-state index contributed by atoms with van der Waals surface area (Å²) in [6.07, 6.45) is 0. The number of benzene rings is 1. The maximum Gasteiger partial charge on any atom is 0.179 e. The molecule has 1 saturated heterocycles. The second kappa shape index (κ2) is 5.80. The molecule has 0 amide bonds. The molecule has 1 unspecified atom stereocenters. The minimum atomic E-state index is -0.970. The van der Waals surface area contributed by atoms with Crippen molar-refractivity contribution in [2.24, 2.45) is 0 Å². The number of hydrogen-bond donors (Lipinski definition) is 0. The van der Waals surface area contributed by atoms with Gasteiger partial charge in [-0.1, -0.05) is 0 Å². The lowest BCUT2D eigenvalue weighted by Gasteiger charge is -2.31. The number of ketones is 1. The van der Waals surface area contributed by atoms with Crippen molar-refractivity contribution in [2.75, 3.05) is 24.6 Å². The molecule has 0 saturated carbocycles. The molecule has 0 bridgehead atoms. The third-order valence-electron chi connectivity index (χ3n) is 3.18. The maximum atomic E-state index is 13.1. The lowest BCUT2D eigenvalue weighted by Crippen LogP contribution is -2.43. The largest absolute Gasteiger partial charge is 0.292 e. The van der Waals surface area contributed by atoms with Crippen LogP contribution in [0.5, 0.6) is 0 Å². The molecule has 1 atom stereocenters. The lowest BCUT2D eigenvalue weighted by atomic mass is 10.0. The minimum Gasteiger partial charge on any atom is -0.292 e. The van der Waals surface area contributed by atoms with Gasteiger partial charge >= 0.3 is 0 Å². The van der Waals surface area contributed by atoms with E-state index in [0.717, 1.165) is 36.7 Å². The van der Waals surface area contributed by atoms with Crippen LogP contribution in [-0.4, -0.2) is 41.3 Å². The molecule has 1 fully saturated rings. The average molecular weight is 271 g/mol. The normalized spacial score (nSPS) is 18.6. The number of rotatable bonds is 3. The number of halogens is 2. The van der Waals surface area contributed by atoms with E-state index in [2.05, 4.69) is 4.90 Å². The van der Waals surface area contributed by atoms with Gasteiger partial charge in [-0.2, -0.15) is 11.8 Å². The van der Waals surface area contributed by atoms with Crippen molar-refractivity contribution in [3.8, 4) is 0 Å². The maximum absolute atomic E-state index is 13.1. The van der Waals surface area contributed by atoms with Gasteiger partial charge in [-0.05, 0) is 25.1 Å². The van der Waals surface area contributed by atoms with E-state index in [-0.39, 0.29) is 17.4 Å². The SMILES string of the molecule is CC(C(=O)c1ccc(F)c(F)c1)N1CCSCC1. The van der Waals surface area contributed by atoms with Crippen LogP contribution < -0.4 is 0 Å². The van der Waals surface area contributed by atoms with Gasteiger partial charge < -0.3 is 0 Å². The average Bonchev–Trinajstić information content (AvgIpc) is 2.41. The first-order valence-corrected chi connectivity index (χ1v) is 7.06. The first kappa shape index (κ1) is 13.5. The Hall–Kier alpha value is -0.940. The zero-order valence-corrected chi connectivity index (χ0v) is 11.0. The molecule has 0 radical (unpaired) electrons. The van der Waals surface area contributed by atoms with Crippen molar-refractivity contribution in [1.29, 1.82) is 0 Å². The molecule has 18 heavy (non-hydrogen) atoms. The van der Waals surface area contributed by atoms with Gasteiger partial charge in [-0.3, -0.25) is 9.69 Å². The quantitative estimate of drug-likeness (QED) is 0.788. The molecule has 98 valence electrons. The first-order valence-electron chi connectivity index (χ1n) is 5.90. The Bertz CT molecular complexity index is 447. The van der Waals surface area contributed by atoms with Gasteiger partial charge in [0.15, 0.2) is 17.4 Å². The van der Waals surface area contributed by atoms with Crippen LogP contribution in [0.4, 0.5) is 8.78 Å².